The van der Waals surface area contributed by atoms with Crippen LogP contribution in [0.5, 0.6) is 17.2 Å². The second-order valence-corrected chi connectivity index (χ2v) is 9.14. The number of nitro benzene ring substituents is 1. The van der Waals surface area contributed by atoms with Crippen LogP contribution in [0.3, 0.4) is 0 Å². The number of aryl methyl sites for hydroxylation is 1. The lowest BCUT2D eigenvalue weighted by Gasteiger charge is -2.11. The monoisotopic (exact) mass is 599 g/mol. The molecule has 2 aromatic heterocycles. The van der Waals surface area contributed by atoms with Gasteiger partial charge in [0, 0.05) is 17.2 Å². The largest absolute Gasteiger partial charge is 0.496 e. The first-order chi connectivity index (χ1) is 21.3. The van der Waals surface area contributed by atoms with Crippen molar-refractivity contribution in [3.63, 3.8) is 0 Å². The van der Waals surface area contributed by atoms with Gasteiger partial charge in [0.1, 0.15) is 36.2 Å². The van der Waals surface area contributed by atoms with E-state index in [1.165, 1.54) is 30.1 Å². The number of ether oxygens (including phenoxy) is 3. The van der Waals surface area contributed by atoms with Crippen molar-refractivity contribution in [3.05, 3.63) is 105 Å². The van der Waals surface area contributed by atoms with Gasteiger partial charge < -0.3 is 19.9 Å². The minimum atomic E-state index is -0.667. The molecule has 0 saturated heterocycles. The van der Waals surface area contributed by atoms with Gasteiger partial charge >= 0.3 is 0 Å². The number of nitrogens with two attached hydrogens (primary N) is 1. The van der Waals surface area contributed by atoms with E-state index in [0.717, 1.165) is 0 Å². The zero-order valence-corrected chi connectivity index (χ0v) is 23.4. The summed E-state index contributed by atoms with van der Waals surface area (Å²) in [5, 5.41) is 30.4. The van der Waals surface area contributed by atoms with Gasteiger partial charge in [0.2, 0.25) is 11.6 Å². The third-order valence-electron chi connectivity index (χ3n) is 6.24. The average Bonchev–Trinajstić information content (AvgIpc) is 3.64. The maximum atomic E-state index is 13.1. The number of hydrazone groups is 1. The molecule has 44 heavy (non-hydrogen) atoms. The van der Waals surface area contributed by atoms with Gasteiger partial charge in [-0.25, -0.2) is 10.1 Å². The van der Waals surface area contributed by atoms with Crippen molar-refractivity contribution in [1.29, 1.82) is 0 Å². The molecular weight excluding hydrogens is 574 g/mol. The average molecular weight is 600 g/mol. The standard InChI is InChI=1S/C28H25N9O7/c1-17-12-21(9-10-22(17)37(39)40)42-15-19-13-18(8-11-24(19)41-2)14-30-32-28(38)25-23(16-43-20-6-4-3-5-7-20)36(35-31-25)27-26(29)33-44-34-27/h3-14H,15-16H2,1-2H3,(H2,29,33)(H,32,38)/b30-14+. The fourth-order valence-electron chi connectivity index (χ4n) is 4.08. The quantitative estimate of drug-likeness (QED) is 0.120. The normalized spacial score (nSPS) is 11.0. The molecular formula is C28H25N9O7. The van der Waals surface area contributed by atoms with Crippen molar-refractivity contribution in [2.24, 2.45) is 5.10 Å². The number of nitrogen functional groups attached to an aromatic ring is 1. The highest BCUT2D eigenvalue weighted by Gasteiger charge is 2.24. The lowest BCUT2D eigenvalue weighted by atomic mass is 10.1. The number of para-hydroxylation sites is 1. The predicted octanol–water partition coefficient (Wildman–Crippen LogP) is 3.38. The van der Waals surface area contributed by atoms with E-state index < -0.39 is 10.8 Å². The molecule has 5 aromatic rings. The van der Waals surface area contributed by atoms with E-state index in [9.17, 15) is 14.9 Å². The summed E-state index contributed by atoms with van der Waals surface area (Å²) in [7, 11) is 1.53. The molecule has 0 radical (unpaired) electrons. The van der Waals surface area contributed by atoms with Gasteiger partial charge in [0.25, 0.3) is 11.6 Å². The van der Waals surface area contributed by atoms with Crippen molar-refractivity contribution in [2.75, 3.05) is 12.8 Å². The molecule has 0 unspecified atom stereocenters. The molecule has 2 heterocycles. The van der Waals surface area contributed by atoms with Crippen molar-refractivity contribution >= 4 is 23.6 Å². The van der Waals surface area contributed by atoms with Crippen molar-refractivity contribution < 1.29 is 28.6 Å². The predicted molar refractivity (Wildman–Crippen MR) is 155 cm³/mol. The first-order valence-electron chi connectivity index (χ1n) is 12.9. The lowest BCUT2D eigenvalue weighted by Crippen LogP contribution is -2.21. The molecule has 3 aromatic carbocycles. The van der Waals surface area contributed by atoms with Crippen LogP contribution in [-0.2, 0) is 13.2 Å². The van der Waals surface area contributed by atoms with Gasteiger partial charge in [-0.3, -0.25) is 14.9 Å². The third-order valence-corrected chi connectivity index (χ3v) is 6.24. The summed E-state index contributed by atoms with van der Waals surface area (Å²) in [6.45, 7) is 1.64. The Bertz CT molecular complexity index is 1820. The Balaban J connectivity index is 1.30. The maximum absolute atomic E-state index is 13.1. The zero-order valence-electron chi connectivity index (χ0n) is 23.4. The Kier molecular flexibility index (Phi) is 8.70. The number of nitro groups is 1. The summed E-state index contributed by atoms with van der Waals surface area (Å²) in [6, 6.07) is 18.7. The Morgan fingerprint density at radius 3 is 2.59 bits per heavy atom. The molecule has 0 spiro atoms. The van der Waals surface area contributed by atoms with Crippen LogP contribution in [0.25, 0.3) is 5.82 Å². The van der Waals surface area contributed by atoms with Crippen molar-refractivity contribution in [3.8, 4) is 23.1 Å². The minimum Gasteiger partial charge on any atom is -0.496 e. The third kappa shape index (κ3) is 6.59. The van der Waals surface area contributed by atoms with Crippen LogP contribution in [-0.4, -0.2) is 49.5 Å². The van der Waals surface area contributed by atoms with Gasteiger partial charge in [-0.1, -0.05) is 23.4 Å². The van der Waals surface area contributed by atoms with E-state index in [1.807, 2.05) is 6.07 Å². The first kappa shape index (κ1) is 29.2. The van der Waals surface area contributed by atoms with Crippen LogP contribution in [0.15, 0.2) is 76.5 Å². The summed E-state index contributed by atoms with van der Waals surface area (Å²) in [5.74, 6) is 0.905. The molecule has 3 N–H and O–H groups in total. The molecule has 16 heteroatoms. The number of benzene rings is 3. The number of methoxy groups -OCH3 is 1. The fraction of sp³-hybridized carbons (Fsp3) is 0.143. The van der Waals surface area contributed by atoms with Crippen LogP contribution in [0, 0.1) is 17.0 Å². The first-order valence-corrected chi connectivity index (χ1v) is 12.9. The Labute approximate surface area is 249 Å². The number of hydrogen-bond donors (Lipinski definition) is 2. The van der Waals surface area contributed by atoms with E-state index in [-0.39, 0.29) is 41.9 Å². The van der Waals surface area contributed by atoms with E-state index in [1.54, 1.807) is 55.5 Å². The topological polar surface area (TPSA) is 208 Å². The fourth-order valence-corrected chi connectivity index (χ4v) is 4.08. The van der Waals surface area contributed by atoms with Gasteiger partial charge in [-0.2, -0.15) is 9.78 Å². The van der Waals surface area contributed by atoms with Gasteiger partial charge in [-0.15, -0.1) is 5.10 Å². The molecule has 0 aliphatic rings. The maximum Gasteiger partial charge on any atom is 0.293 e. The van der Waals surface area contributed by atoms with Gasteiger partial charge in [0.05, 0.1) is 18.2 Å². The summed E-state index contributed by atoms with van der Waals surface area (Å²) < 4.78 is 23.0. The molecule has 1 amide bonds. The molecule has 0 aliphatic heterocycles. The number of nitrogens with one attached hydrogen (secondary N) is 1. The Morgan fingerprint density at radius 2 is 1.89 bits per heavy atom. The van der Waals surface area contributed by atoms with E-state index in [2.05, 4.69) is 35.8 Å². The summed E-state index contributed by atoms with van der Waals surface area (Å²) in [5.41, 5.74) is 10.2. The number of rotatable bonds is 12. The second kappa shape index (κ2) is 13.1. The molecule has 0 atom stereocenters. The molecule has 0 aliphatic carbocycles. The number of anilines is 1. The number of nitrogens with zero attached hydrogens (tertiary/aromatic N) is 7. The van der Waals surface area contributed by atoms with Crippen LogP contribution in [0.1, 0.15) is 32.9 Å². The summed E-state index contributed by atoms with van der Waals surface area (Å²) in [4.78, 5) is 23.7. The van der Waals surface area contributed by atoms with Crippen LogP contribution >= 0.6 is 0 Å². The number of amides is 1. The second-order valence-electron chi connectivity index (χ2n) is 9.14. The summed E-state index contributed by atoms with van der Waals surface area (Å²) >= 11 is 0. The smallest absolute Gasteiger partial charge is 0.293 e. The molecule has 0 fully saturated rings. The van der Waals surface area contributed by atoms with Crippen molar-refractivity contribution in [2.45, 2.75) is 20.1 Å². The van der Waals surface area contributed by atoms with E-state index >= 15 is 0 Å². The Morgan fingerprint density at radius 1 is 1.09 bits per heavy atom. The number of aromatic nitrogens is 5. The van der Waals surface area contributed by atoms with E-state index in [4.69, 9.17) is 19.9 Å². The van der Waals surface area contributed by atoms with Gasteiger partial charge in [-0.05, 0) is 65.3 Å². The zero-order chi connectivity index (χ0) is 31.1. The molecule has 0 bridgehead atoms. The molecule has 224 valence electrons. The van der Waals surface area contributed by atoms with Crippen LogP contribution in [0.4, 0.5) is 11.5 Å². The Hall–Kier alpha value is -6.32. The minimum absolute atomic E-state index is 0.00728. The SMILES string of the molecule is COc1ccc(/C=N/NC(=O)c2nnn(-c3nonc3N)c2COc2ccccc2)cc1COc1ccc([N+](=O)[O-])c(C)c1. The molecule has 16 nitrogen and oxygen atoms in total. The van der Waals surface area contributed by atoms with Crippen LogP contribution < -0.4 is 25.4 Å². The molecule has 5 rings (SSSR count). The van der Waals surface area contributed by atoms with E-state index in [0.29, 0.717) is 33.9 Å². The highest BCUT2D eigenvalue weighted by atomic mass is 16.6. The number of hydrogen-bond acceptors (Lipinski definition) is 13. The highest BCUT2D eigenvalue weighted by molar-refractivity contribution is 5.94. The summed E-state index contributed by atoms with van der Waals surface area (Å²) in [6.07, 6.45) is 1.43. The van der Waals surface area contributed by atoms with Gasteiger partial charge in [0.15, 0.2) is 5.69 Å². The highest BCUT2D eigenvalue weighted by Crippen LogP contribution is 2.26. The van der Waals surface area contributed by atoms with Crippen molar-refractivity contribution in [1.82, 2.24) is 30.7 Å². The number of carbonyl (C=O) groups is 1. The molecule has 0 saturated carbocycles. The van der Waals surface area contributed by atoms with Crippen LogP contribution in [0.2, 0.25) is 0 Å². The number of carbonyl (C=O) groups excluding carboxylic acids is 1. The lowest BCUT2D eigenvalue weighted by molar-refractivity contribution is -0.385.